The van der Waals surface area contributed by atoms with E-state index in [2.05, 4.69) is 55.5 Å². The van der Waals surface area contributed by atoms with Crippen molar-refractivity contribution in [2.45, 2.75) is 25.3 Å². The van der Waals surface area contributed by atoms with Gasteiger partial charge < -0.3 is 5.11 Å². The maximum Gasteiger partial charge on any atom is 0.115 e. The van der Waals surface area contributed by atoms with Crippen LogP contribution in [0.4, 0.5) is 0 Å². The molecule has 1 aliphatic rings. The molecule has 0 radical (unpaired) electrons. The van der Waals surface area contributed by atoms with Gasteiger partial charge >= 0.3 is 0 Å². The SMILES string of the molecule is CCC1=CC(Cc2ccc3ccccc3c2)(c2ccc(O)cc2)N=C1. The van der Waals surface area contributed by atoms with E-state index >= 15 is 0 Å². The zero-order valence-electron chi connectivity index (χ0n) is 14.3. The molecule has 0 aromatic heterocycles. The Morgan fingerprint density at radius 2 is 1.68 bits per heavy atom. The molecule has 25 heavy (non-hydrogen) atoms. The van der Waals surface area contributed by atoms with E-state index in [9.17, 15) is 5.11 Å². The molecular formula is C23H21NO. The number of hydrogen-bond acceptors (Lipinski definition) is 2. The molecule has 3 aromatic carbocycles. The molecule has 4 rings (SSSR count). The molecule has 3 aromatic rings. The summed E-state index contributed by atoms with van der Waals surface area (Å²) in [6, 6.07) is 22.5. The van der Waals surface area contributed by atoms with Crippen LogP contribution < -0.4 is 0 Å². The molecule has 0 bridgehead atoms. The number of phenolic OH excluding ortho intramolecular Hbond substituents is 1. The second-order valence-corrected chi connectivity index (χ2v) is 6.66. The first-order valence-corrected chi connectivity index (χ1v) is 8.73. The van der Waals surface area contributed by atoms with E-state index in [-0.39, 0.29) is 11.3 Å². The van der Waals surface area contributed by atoms with Crippen LogP contribution in [0.5, 0.6) is 5.75 Å². The highest BCUT2D eigenvalue weighted by atomic mass is 16.3. The Morgan fingerprint density at radius 3 is 2.40 bits per heavy atom. The Morgan fingerprint density at radius 1 is 0.920 bits per heavy atom. The highest BCUT2D eigenvalue weighted by Crippen LogP contribution is 2.37. The molecule has 0 amide bonds. The fourth-order valence-corrected chi connectivity index (χ4v) is 3.54. The van der Waals surface area contributed by atoms with Gasteiger partial charge in [-0.05, 0) is 52.1 Å². The molecule has 124 valence electrons. The third kappa shape index (κ3) is 2.96. The molecule has 1 unspecified atom stereocenters. The number of aliphatic imine (C=N–C) groups is 1. The topological polar surface area (TPSA) is 32.6 Å². The number of nitrogens with zero attached hydrogens (tertiary/aromatic N) is 1. The number of phenols is 1. The van der Waals surface area contributed by atoms with Crippen LogP contribution in [0.15, 0.2) is 83.4 Å². The van der Waals surface area contributed by atoms with E-state index in [4.69, 9.17) is 4.99 Å². The number of fused-ring (bicyclic) bond motifs is 1. The van der Waals surface area contributed by atoms with Gasteiger partial charge in [0.1, 0.15) is 11.3 Å². The van der Waals surface area contributed by atoms with E-state index in [1.165, 1.54) is 21.9 Å². The van der Waals surface area contributed by atoms with Crippen LogP contribution in [0.25, 0.3) is 10.8 Å². The van der Waals surface area contributed by atoms with Crippen molar-refractivity contribution in [2.75, 3.05) is 0 Å². The molecule has 0 fully saturated rings. The molecule has 1 aliphatic heterocycles. The monoisotopic (exact) mass is 327 g/mol. The van der Waals surface area contributed by atoms with Crippen LogP contribution in [-0.4, -0.2) is 11.3 Å². The van der Waals surface area contributed by atoms with E-state index in [1.54, 1.807) is 12.1 Å². The summed E-state index contributed by atoms with van der Waals surface area (Å²) in [5.74, 6) is 0.284. The summed E-state index contributed by atoms with van der Waals surface area (Å²) in [4.78, 5) is 4.90. The third-order valence-electron chi connectivity index (χ3n) is 4.95. The fourth-order valence-electron chi connectivity index (χ4n) is 3.54. The van der Waals surface area contributed by atoms with Crippen molar-refractivity contribution in [3.8, 4) is 5.75 Å². The minimum atomic E-state index is -0.387. The molecule has 0 aliphatic carbocycles. The summed E-state index contributed by atoms with van der Waals surface area (Å²) in [5.41, 5.74) is 3.24. The van der Waals surface area contributed by atoms with Gasteiger partial charge in [0.05, 0.1) is 0 Å². The highest BCUT2D eigenvalue weighted by Gasteiger charge is 2.32. The van der Waals surface area contributed by atoms with Crippen LogP contribution in [0.3, 0.4) is 0 Å². The van der Waals surface area contributed by atoms with Crippen LogP contribution in [0, 0.1) is 0 Å². The van der Waals surface area contributed by atoms with Crippen molar-refractivity contribution in [1.29, 1.82) is 0 Å². The van der Waals surface area contributed by atoms with Crippen molar-refractivity contribution in [1.82, 2.24) is 0 Å². The van der Waals surface area contributed by atoms with Crippen molar-refractivity contribution in [3.05, 3.63) is 89.5 Å². The number of benzene rings is 3. The normalized spacial score (nSPS) is 19.3. The molecule has 1 N–H and O–H groups in total. The Hall–Kier alpha value is -2.87. The maximum atomic E-state index is 9.64. The lowest BCUT2D eigenvalue weighted by Gasteiger charge is -2.25. The Kier molecular flexibility index (Phi) is 3.89. The number of hydrogen-bond donors (Lipinski definition) is 1. The lowest BCUT2D eigenvalue weighted by atomic mass is 9.83. The van der Waals surface area contributed by atoms with Crippen molar-refractivity contribution < 1.29 is 5.11 Å². The average molecular weight is 327 g/mol. The largest absolute Gasteiger partial charge is 0.508 e. The Labute approximate surface area is 148 Å². The Bertz CT molecular complexity index is 969. The lowest BCUT2D eigenvalue weighted by Crippen LogP contribution is -2.22. The second kappa shape index (κ2) is 6.21. The molecular weight excluding hydrogens is 306 g/mol. The van der Waals surface area contributed by atoms with Crippen LogP contribution in [-0.2, 0) is 12.0 Å². The molecule has 2 heteroatoms. The smallest absolute Gasteiger partial charge is 0.115 e. The first-order valence-electron chi connectivity index (χ1n) is 8.73. The minimum absolute atomic E-state index is 0.284. The standard InChI is InChI=1S/C23H21NO/c1-2-17-14-23(24-16-17,21-9-11-22(25)12-10-21)15-18-7-8-19-5-3-4-6-20(19)13-18/h3-14,16,25H,2,15H2,1H3. The van der Waals surface area contributed by atoms with E-state index in [0.29, 0.717) is 0 Å². The minimum Gasteiger partial charge on any atom is -0.508 e. The van der Waals surface area contributed by atoms with Gasteiger partial charge in [-0.3, -0.25) is 4.99 Å². The van der Waals surface area contributed by atoms with Crippen molar-refractivity contribution >= 4 is 17.0 Å². The van der Waals surface area contributed by atoms with Gasteiger partial charge in [-0.2, -0.15) is 0 Å². The fraction of sp³-hybridized carbons (Fsp3) is 0.174. The summed E-state index contributed by atoms with van der Waals surface area (Å²) in [6.45, 7) is 2.15. The zero-order chi connectivity index (χ0) is 17.3. The summed E-state index contributed by atoms with van der Waals surface area (Å²) in [7, 11) is 0. The van der Waals surface area contributed by atoms with Crippen LogP contribution >= 0.6 is 0 Å². The molecule has 1 heterocycles. The summed E-state index contributed by atoms with van der Waals surface area (Å²) >= 11 is 0. The third-order valence-corrected chi connectivity index (χ3v) is 4.95. The highest BCUT2D eigenvalue weighted by molar-refractivity contribution is 5.84. The molecule has 2 nitrogen and oxygen atoms in total. The van der Waals surface area contributed by atoms with Gasteiger partial charge in [-0.1, -0.05) is 61.5 Å². The van der Waals surface area contributed by atoms with Crippen molar-refractivity contribution in [3.63, 3.8) is 0 Å². The average Bonchev–Trinajstić information content (AvgIpc) is 3.06. The summed E-state index contributed by atoms with van der Waals surface area (Å²) < 4.78 is 0. The van der Waals surface area contributed by atoms with Gasteiger partial charge in [0.2, 0.25) is 0 Å². The van der Waals surface area contributed by atoms with Crippen LogP contribution in [0.1, 0.15) is 24.5 Å². The first kappa shape index (κ1) is 15.6. The summed E-state index contributed by atoms with van der Waals surface area (Å²) in [6.07, 6.45) is 6.05. The van der Waals surface area contributed by atoms with E-state index in [0.717, 1.165) is 18.4 Å². The van der Waals surface area contributed by atoms with Gasteiger partial charge in [0.15, 0.2) is 0 Å². The quantitative estimate of drug-likeness (QED) is 0.683. The lowest BCUT2D eigenvalue weighted by molar-refractivity contribution is 0.474. The van der Waals surface area contributed by atoms with Gasteiger partial charge in [0, 0.05) is 12.6 Å². The van der Waals surface area contributed by atoms with Gasteiger partial charge in [-0.15, -0.1) is 0 Å². The molecule has 1 atom stereocenters. The zero-order valence-corrected chi connectivity index (χ0v) is 14.3. The molecule has 0 spiro atoms. The van der Waals surface area contributed by atoms with E-state index < -0.39 is 0 Å². The van der Waals surface area contributed by atoms with Crippen molar-refractivity contribution in [2.24, 2.45) is 4.99 Å². The predicted molar refractivity (Wildman–Crippen MR) is 104 cm³/mol. The second-order valence-electron chi connectivity index (χ2n) is 6.66. The number of allylic oxidation sites excluding steroid dienone is 1. The van der Waals surface area contributed by atoms with Crippen LogP contribution in [0.2, 0.25) is 0 Å². The van der Waals surface area contributed by atoms with E-state index in [1.807, 2.05) is 18.3 Å². The van der Waals surface area contributed by atoms with Gasteiger partial charge in [-0.25, -0.2) is 0 Å². The number of aromatic hydroxyl groups is 1. The van der Waals surface area contributed by atoms with Gasteiger partial charge in [0.25, 0.3) is 0 Å². The Balaban J connectivity index is 1.77. The molecule has 0 saturated carbocycles. The maximum absolute atomic E-state index is 9.64. The predicted octanol–water partition coefficient (Wildman–Crippen LogP) is 5.40. The summed E-state index contributed by atoms with van der Waals surface area (Å²) in [5, 5.41) is 12.1. The molecule has 0 saturated heterocycles. The number of rotatable bonds is 4. The first-order chi connectivity index (χ1) is 12.2.